The molecule has 0 amide bonds. The molecule has 2 unspecified atom stereocenters. The summed E-state index contributed by atoms with van der Waals surface area (Å²) in [6, 6.07) is 1.64. The van der Waals surface area contributed by atoms with Crippen LogP contribution in [-0.4, -0.2) is 35.9 Å². The van der Waals surface area contributed by atoms with E-state index in [1.807, 2.05) is 6.92 Å². The van der Waals surface area contributed by atoms with Gasteiger partial charge in [-0.1, -0.05) is 13.8 Å². The van der Waals surface area contributed by atoms with E-state index in [1.165, 1.54) is 20.1 Å². The van der Waals surface area contributed by atoms with E-state index in [0.29, 0.717) is 0 Å². The Kier molecular flexibility index (Phi) is 6.68. The van der Waals surface area contributed by atoms with Gasteiger partial charge in [0, 0.05) is 31.2 Å². The molecule has 168 valence electrons. The quantitative estimate of drug-likeness (QED) is 0.513. The average molecular weight is 441 g/mol. The van der Waals surface area contributed by atoms with Crippen molar-refractivity contribution in [2.75, 3.05) is 6.61 Å². The minimum atomic E-state index is -1.57. The van der Waals surface area contributed by atoms with E-state index < -0.39 is 53.6 Å². The predicted octanol–water partition coefficient (Wildman–Crippen LogP) is 3.97. The van der Waals surface area contributed by atoms with Crippen LogP contribution in [0.5, 0.6) is 0 Å². The number of oxazole rings is 1. The molecule has 1 aromatic carbocycles. The van der Waals surface area contributed by atoms with Crippen molar-refractivity contribution in [1.82, 2.24) is 4.98 Å². The highest BCUT2D eigenvalue weighted by molar-refractivity contribution is 5.66. The normalized spacial score (nSPS) is 25.8. The van der Waals surface area contributed by atoms with Gasteiger partial charge in [-0.25, -0.2) is 18.2 Å². The second-order valence-electron chi connectivity index (χ2n) is 7.52. The summed E-state index contributed by atoms with van der Waals surface area (Å²) >= 11 is 0. The van der Waals surface area contributed by atoms with Crippen LogP contribution in [0.4, 0.5) is 13.2 Å². The van der Waals surface area contributed by atoms with Crippen LogP contribution in [0.2, 0.25) is 0 Å². The summed E-state index contributed by atoms with van der Waals surface area (Å²) in [5.41, 5.74) is 0.117. The van der Waals surface area contributed by atoms with Gasteiger partial charge in [0.15, 0.2) is 23.3 Å². The molecule has 3 rings (SSSR count). The fourth-order valence-corrected chi connectivity index (χ4v) is 3.72. The molecular weight excluding hydrogens is 419 g/mol. The molecule has 7 nitrogen and oxygen atoms in total. The van der Waals surface area contributed by atoms with Crippen LogP contribution in [0.25, 0.3) is 11.3 Å². The van der Waals surface area contributed by atoms with Crippen molar-refractivity contribution in [3.05, 3.63) is 41.7 Å². The maximum atomic E-state index is 13.6. The topological polar surface area (TPSA) is 87.9 Å². The fraction of sp³-hybridized carbons (Fsp3) is 0.476. The van der Waals surface area contributed by atoms with Gasteiger partial charge in [0.1, 0.15) is 18.6 Å². The standard InChI is InChI=1S/C21H22F3NO6/c1-9-17(8-28-11(3)26)31-21(30-12(4)27)10(2)18(9)20-25-16(7-29-20)13-5-14(22)19(24)15(23)6-13/h5-7,9-10,17-18,21H,8H2,1-4H3/t9-,10?,17?,18-,21-/m0/s1. The molecule has 1 aliphatic rings. The van der Waals surface area contributed by atoms with E-state index in [9.17, 15) is 22.8 Å². The third kappa shape index (κ3) is 4.90. The average Bonchev–Trinajstić information content (AvgIpc) is 3.16. The first kappa shape index (κ1) is 22.8. The third-order valence-corrected chi connectivity index (χ3v) is 5.28. The van der Waals surface area contributed by atoms with Crippen molar-refractivity contribution in [2.45, 2.75) is 46.0 Å². The third-order valence-electron chi connectivity index (χ3n) is 5.28. The Hall–Kier alpha value is -2.88. The molecule has 5 atom stereocenters. The maximum absolute atomic E-state index is 13.6. The second-order valence-corrected chi connectivity index (χ2v) is 7.52. The summed E-state index contributed by atoms with van der Waals surface area (Å²) in [5, 5.41) is 0. The van der Waals surface area contributed by atoms with Crippen molar-refractivity contribution in [1.29, 1.82) is 0 Å². The van der Waals surface area contributed by atoms with E-state index in [2.05, 4.69) is 4.98 Å². The van der Waals surface area contributed by atoms with E-state index >= 15 is 0 Å². The van der Waals surface area contributed by atoms with Crippen LogP contribution in [-0.2, 0) is 23.8 Å². The molecule has 0 N–H and O–H groups in total. The zero-order valence-electron chi connectivity index (χ0n) is 17.4. The van der Waals surface area contributed by atoms with Crippen LogP contribution in [0.3, 0.4) is 0 Å². The van der Waals surface area contributed by atoms with E-state index in [0.717, 1.165) is 12.1 Å². The Balaban J connectivity index is 1.93. The molecule has 1 saturated heterocycles. The Morgan fingerprint density at radius 3 is 2.29 bits per heavy atom. The van der Waals surface area contributed by atoms with Crippen LogP contribution >= 0.6 is 0 Å². The summed E-state index contributed by atoms with van der Waals surface area (Å²) in [6.07, 6.45) is -0.362. The maximum Gasteiger partial charge on any atom is 0.304 e. The number of ether oxygens (including phenoxy) is 3. The molecule has 0 bridgehead atoms. The summed E-state index contributed by atoms with van der Waals surface area (Å²) in [5.74, 6) is -6.22. The fourth-order valence-electron chi connectivity index (χ4n) is 3.72. The number of rotatable bonds is 5. The van der Waals surface area contributed by atoms with Crippen LogP contribution < -0.4 is 0 Å². The number of benzene rings is 1. The molecule has 2 heterocycles. The van der Waals surface area contributed by atoms with E-state index in [1.54, 1.807) is 6.92 Å². The summed E-state index contributed by atoms with van der Waals surface area (Å²) < 4.78 is 62.2. The van der Waals surface area contributed by atoms with Gasteiger partial charge in [0.2, 0.25) is 6.29 Å². The highest BCUT2D eigenvalue weighted by Crippen LogP contribution is 2.43. The Labute approximate surface area is 176 Å². The first-order valence-corrected chi connectivity index (χ1v) is 9.64. The number of hydrogen-bond acceptors (Lipinski definition) is 7. The van der Waals surface area contributed by atoms with Gasteiger partial charge < -0.3 is 18.6 Å². The zero-order valence-corrected chi connectivity index (χ0v) is 17.4. The highest BCUT2D eigenvalue weighted by Gasteiger charge is 2.46. The minimum absolute atomic E-state index is 0.00626. The molecule has 0 saturated carbocycles. The smallest absolute Gasteiger partial charge is 0.304 e. The van der Waals surface area contributed by atoms with Gasteiger partial charge in [-0.3, -0.25) is 9.59 Å². The first-order valence-electron chi connectivity index (χ1n) is 9.64. The van der Waals surface area contributed by atoms with E-state index in [-0.39, 0.29) is 29.7 Å². The molecule has 1 aromatic heterocycles. The van der Waals surface area contributed by atoms with Gasteiger partial charge in [0.05, 0.1) is 6.10 Å². The monoisotopic (exact) mass is 441 g/mol. The van der Waals surface area contributed by atoms with Crippen LogP contribution in [0.1, 0.15) is 39.5 Å². The number of hydrogen-bond donors (Lipinski definition) is 0. The molecule has 10 heteroatoms. The van der Waals surface area contributed by atoms with Gasteiger partial charge >= 0.3 is 11.9 Å². The zero-order chi connectivity index (χ0) is 22.9. The molecular formula is C21H22F3NO6. The molecule has 0 radical (unpaired) electrons. The molecule has 0 spiro atoms. The minimum Gasteiger partial charge on any atom is -0.463 e. The Morgan fingerprint density at radius 2 is 1.71 bits per heavy atom. The first-order chi connectivity index (χ1) is 14.6. The van der Waals surface area contributed by atoms with Crippen molar-refractivity contribution < 1.29 is 41.4 Å². The largest absolute Gasteiger partial charge is 0.463 e. The van der Waals surface area contributed by atoms with Crippen molar-refractivity contribution in [3.8, 4) is 11.3 Å². The van der Waals surface area contributed by atoms with Crippen molar-refractivity contribution in [3.63, 3.8) is 0 Å². The number of carbonyl (C=O) groups is 2. The lowest BCUT2D eigenvalue weighted by Crippen LogP contribution is -2.48. The molecule has 2 aromatic rings. The van der Waals surface area contributed by atoms with Gasteiger partial charge in [-0.15, -0.1) is 0 Å². The number of nitrogens with zero attached hydrogens (tertiary/aromatic N) is 1. The lowest BCUT2D eigenvalue weighted by molar-refractivity contribution is -0.242. The molecule has 1 fully saturated rings. The number of aromatic nitrogens is 1. The Morgan fingerprint density at radius 1 is 1.06 bits per heavy atom. The molecule has 31 heavy (non-hydrogen) atoms. The number of carbonyl (C=O) groups excluding carboxylic acids is 2. The van der Waals surface area contributed by atoms with Gasteiger partial charge in [-0.2, -0.15) is 0 Å². The van der Waals surface area contributed by atoms with Gasteiger partial charge in [-0.05, 0) is 18.1 Å². The SMILES string of the molecule is CC(=O)OCC1O[C@H](OC(C)=O)C(C)[C@@H](c2nc(-c3cc(F)c(F)c(F)c3)co2)[C@H]1C. The number of esters is 2. The molecule has 1 aliphatic heterocycles. The van der Waals surface area contributed by atoms with Crippen molar-refractivity contribution >= 4 is 11.9 Å². The lowest BCUT2D eigenvalue weighted by Gasteiger charge is -2.42. The van der Waals surface area contributed by atoms with Gasteiger partial charge in [0.25, 0.3) is 0 Å². The van der Waals surface area contributed by atoms with E-state index in [4.69, 9.17) is 18.6 Å². The van der Waals surface area contributed by atoms with Crippen LogP contribution in [0.15, 0.2) is 22.8 Å². The number of halogens is 3. The molecule has 0 aliphatic carbocycles. The van der Waals surface area contributed by atoms with Crippen LogP contribution in [0, 0.1) is 29.3 Å². The summed E-state index contributed by atoms with van der Waals surface area (Å²) in [7, 11) is 0. The Bertz CT molecular complexity index is 955. The second kappa shape index (κ2) is 9.09. The summed E-state index contributed by atoms with van der Waals surface area (Å²) in [4.78, 5) is 27.1. The highest BCUT2D eigenvalue weighted by atomic mass is 19.2. The lowest BCUT2D eigenvalue weighted by atomic mass is 9.77. The predicted molar refractivity (Wildman–Crippen MR) is 99.9 cm³/mol. The van der Waals surface area contributed by atoms with Crippen molar-refractivity contribution in [2.24, 2.45) is 11.8 Å². The summed E-state index contributed by atoms with van der Waals surface area (Å²) in [6.45, 7) is 6.04.